The van der Waals surface area contributed by atoms with Crippen LogP contribution in [0.5, 0.6) is 5.75 Å². The molecule has 1 amide bonds. The summed E-state index contributed by atoms with van der Waals surface area (Å²) in [7, 11) is 0. The Balaban J connectivity index is 2.30. The number of phenolic OH excluding ortho intramolecular Hbond substituents is 1. The predicted molar refractivity (Wildman–Crippen MR) is 61.1 cm³/mol. The lowest BCUT2D eigenvalue weighted by Gasteiger charge is -2.07. The minimum atomic E-state index is -0.641. The molecule has 0 spiro atoms. The van der Waals surface area contributed by atoms with Gasteiger partial charge in [0.15, 0.2) is 5.75 Å². The van der Waals surface area contributed by atoms with Gasteiger partial charge in [0.2, 0.25) is 5.91 Å². The molecule has 1 fully saturated rings. The predicted octanol–water partition coefficient (Wildman–Crippen LogP) is 2.30. The number of halogens is 1. The second kappa shape index (κ2) is 4.21. The van der Waals surface area contributed by atoms with Crippen molar-refractivity contribution >= 4 is 28.9 Å². The molecule has 1 saturated carbocycles. The Morgan fingerprint density at radius 2 is 2.18 bits per heavy atom. The standard InChI is InChI=1S/C10H9ClN2O4/c11-7-3-6(13(16)17)4-8(9(7)14)12-10(15)5-1-2-5/h3-5,14H,1-2H2,(H,12,15). The van der Waals surface area contributed by atoms with Crippen LogP contribution < -0.4 is 5.32 Å². The summed E-state index contributed by atoms with van der Waals surface area (Å²) in [6, 6.07) is 2.12. The Bertz CT molecular complexity index is 499. The van der Waals surface area contributed by atoms with Crippen LogP contribution in [0.25, 0.3) is 0 Å². The van der Waals surface area contributed by atoms with Crippen molar-refractivity contribution in [1.29, 1.82) is 0 Å². The van der Waals surface area contributed by atoms with Crippen LogP contribution in [0, 0.1) is 16.0 Å². The van der Waals surface area contributed by atoms with E-state index < -0.39 is 4.92 Å². The van der Waals surface area contributed by atoms with E-state index in [4.69, 9.17) is 11.6 Å². The highest BCUT2D eigenvalue weighted by molar-refractivity contribution is 6.32. The summed E-state index contributed by atoms with van der Waals surface area (Å²) in [5.74, 6) is -0.671. The van der Waals surface area contributed by atoms with Crippen LogP contribution in [-0.4, -0.2) is 15.9 Å². The van der Waals surface area contributed by atoms with Gasteiger partial charge in [-0.2, -0.15) is 0 Å². The summed E-state index contributed by atoms with van der Waals surface area (Å²) in [5, 5.41) is 22.5. The molecule has 0 aromatic heterocycles. The van der Waals surface area contributed by atoms with Gasteiger partial charge in [-0.1, -0.05) is 11.6 Å². The fraction of sp³-hybridized carbons (Fsp3) is 0.300. The fourth-order valence-electron chi connectivity index (χ4n) is 1.37. The van der Waals surface area contributed by atoms with Crippen LogP contribution in [0.1, 0.15) is 12.8 Å². The summed E-state index contributed by atoms with van der Waals surface area (Å²) < 4.78 is 0. The second-order valence-electron chi connectivity index (χ2n) is 3.84. The molecule has 1 aliphatic carbocycles. The molecule has 0 atom stereocenters. The van der Waals surface area contributed by atoms with Crippen LogP contribution in [-0.2, 0) is 4.79 Å². The summed E-state index contributed by atoms with van der Waals surface area (Å²) in [4.78, 5) is 21.4. The van der Waals surface area contributed by atoms with Crippen molar-refractivity contribution in [3.63, 3.8) is 0 Å². The molecule has 90 valence electrons. The second-order valence-corrected chi connectivity index (χ2v) is 4.25. The molecule has 2 rings (SSSR count). The van der Waals surface area contributed by atoms with Crippen molar-refractivity contribution in [3.8, 4) is 5.75 Å². The van der Waals surface area contributed by atoms with Gasteiger partial charge < -0.3 is 10.4 Å². The lowest BCUT2D eigenvalue weighted by atomic mass is 10.2. The minimum Gasteiger partial charge on any atom is -0.504 e. The van der Waals surface area contributed by atoms with E-state index in [1.54, 1.807) is 0 Å². The van der Waals surface area contributed by atoms with E-state index >= 15 is 0 Å². The van der Waals surface area contributed by atoms with Crippen molar-refractivity contribution in [2.45, 2.75) is 12.8 Å². The molecular formula is C10H9ClN2O4. The lowest BCUT2D eigenvalue weighted by molar-refractivity contribution is -0.384. The summed E-state index contributed by atoms with van der Waals surface area (Å²) in [6.07, 6.45) is 1.60. The number of amides is 1. The molecule has 1 aromatic carbocycles. The number of anilines is 1. The van der Waals surface area contributed by atoms with Gasteiger partial charge in [0.1, 0.15) is 0 Å². The van der Waals surface area contributed by atoms with E-state index in [1.165, 1.54) is 0 Å². The molecule has 0 saturated heterocycles. The molecule has 1 aromatic rings. The number of nitro groups is 1. The van der Waals surface area contributed by atoms with E-state index in [0.29, 0.717) is 0 Å². The third-order valence-electron chi connectivity index (χ3n) is 2.46. The molecular weight excluding hydrogens is 248 g/mol. The van der Waals surface area contributed by atoms with Gasteiger partial charge in [-0.3, -0.25) is 14.9 Å². The number of phenols is 1. The molecule has 1 aliphatic rings. The number of carbonyl (C=O) groups is 1. The molecule has 0 bridgehead atoms. The highest BCUT2D eigenvalue weighted by Gasteiger charge is 2.30. The Morgan fingerprint density at radius 3 is 2.71 bits per heavy atom. The smallest absolute Gasteiger partial charge is 0.273 e. The van der Waals surface area contributed by atoms with Crippen molar-refractivity contribution in [2.24, 2.45) is 5.92 Å². The van der Waals surface area contributed by atoms with Gasteiger partial charge in [0.25, 0.3) is 5.69 Å². The summed E-state index contributed by atoms with van der Waals surface area (Å²) in [5.41, 5.74) is -0.306. The number of carbonyl (C=O) groups excluding carboxylic acids is 1. The monoisotopic (exact) mass is 256 g/mol. The van der Waals surface area contributed by atoms with Crippen LogP contribution in [0.2, 0.25) is 5.02 Å². The quantitative estimate of drug-likeness (QED) is 0.493. The van der Waals surface area contributed by atoms with Gasteiger partial charge in [0.05, 0.1) is 15.6 Å². The minimum absolute atomic E-state index is 0.0268. The zero-order valence-corrected chi connectivity index (χ0v) is 9.40. The first-order valence-electron chi connectivity index (χ1n) is 4.97. The normalized spacial score (nSPS) is 14.4. The molecule has 0 aliphatic heterocycles. The number of aromatic hydroxyl groups is 1. The molecule has 7 heteroatoms. The number of non-ortho nitro benzene ring substituents is 1. The van der Waals surface area contributed by atoms with E-state index in [-0.39, 0.29) is 34.0 Å². The van der Waals surface area contributed by atoms with E-state index in [2.05, 4.69) is 5.32 Å². The number of nitrogens with zero attached hydrogens (tertiary/aromatic N) is 1. The van der Waals surface area contributed by atoms with Gasteiger partial charge in [-0.15, -0.1) is 0 Å². The first kappa shape index (κ1) is 11.7. The molecule has 2 N–H and O–H groups in total. The van der Waals surface area contributed by atoms with Crippen LogP contribution >= 0.6 is 11.6 Å². The van der Waals surface area contributed by atoms with Crippen LogP contribution in [0.3, 0.4) is 0 Å². The average molecular weight is 257 g/mol. The van der Waals surface area contributed by atoms with Gasteiger partial charge in [0, 0.05) is 18.1 Å². The van der Waals surface area contributed by atoms with Gasteiger partial charge >= 0.3 is 0 Å². The summed E-state index contributed by atoms with van der Waals surface area (Å²) >= 11 is 5.64. The van der Waals surface area contributed by atoms with E-state index in [9.17, 15) is 20.0 Å². The number of nitrogens with one attached hydrogen (secondary N) is 1. The molecule has 17 heavy (non-hydrogen) atoms. The third-order valence-corrected chi connectivity index (χ3v) is 2.75. The molecule has 0 radical (unpaired) electrons. The van der Waals surface area contributed by atoms with E-state index in [1.807, 2.05) is 0 Å². The molecule has 0 heterocycles. The highest BCUT2D eigenvalue weighted by Crippen LogP contribution is 2.37. The van der Waals surface area contributed by atoms with Crippen molar-refractivity contribution in [1.82, 2.24) is 0 Å². The Morgan fingerprint density at radius 1 is 1.53 bits per heavy atom. The van der Waals surface area contributed by atoms with Gasteiger partial charge in [-0.05, 0) is 12.8 Å². The maximum absolute atomic E-state index is 11.5. The fourth-order valence-corrected chi connectivity index (χ4v) is 1.58. The number of hydrogen-bond acceptors (Lipinski definition) is 4. The number of hydrogen-bond donors (Lipinski definition) is 2. The maximum atomic E-state index is 11.5. The SMILES string of the molecule is O=C(Nc1cc([N+](=O)[O-])cc(Cl)c1O)C1CC1. The Kier molecular flexibility index (Phi) is 2.89. The van der Waals surface area contributed by atoms with Crippen molar-refractivity contribution in [3.05, 3.63) is 27.3 Å². The number of rotatable bonds is 3. The lowest BCUT2D eigenvalue weighted by Crippen LogP contribution is -2.13. The topological polar surface area (TPSA) is 92.5 Å². The van der Waals surface area contributed by atoms with Crippen LogP contribution in [0.4, 0.5) is 11.4 Å². The van der Waals surface area contributed by atoms with Gasteiger partial charge in [-0.25, -0.2) is 0 Å². The number of nitro benzene ring substituents is 1. The highest BCUT2D eigenvalue weighted by atomic mass is 35.5. The first-order valence-corrected chi connectivity index (χ1v) is 5.34. The third kappa shape index (κ3) is 2.47. The maximum Gasteiger partial charge on any atom is 0.273 e. The van der Waals surface area contributed by atoms with Crippen LogP contribution in [0.15, 0.2) is 12.1 Å². The molecule has 0 unspecified atom stereocenters. The molecule has 6 nitrogen and oxygen atoms in total. The largest absolute Gasteiger partial charge is 0.504 e. The number of benzene rings is 1. The summed E-state index contributed by atoms with van der Waals surface area (Å²) in [6.45, 7) is 0. The zero-order valence-electron chi connectivity index (χ0n) is 8.64. The Hall–Kier alpha value is -1.82. The van der Waals surface area contributed by atoms with Crippen molar-refractivity contribution in [2.75, 3.05) is 5.32 Å². The first-order chi connectivity index (χ1) is 7.99. The van der Waals surface area contributed by atoms with Crippen molar-refractivity contribution < 1.29 is 14.8 Å². The zero-order chi connectivity index (χ0) is 12.6. The Labute approximate surface area is 101 Å². The average Bonchev–Trinajstić information content (AvgIpc) is 3.07. The van der Waals surface area contributed by atoms with E-state index in [0.717, 1.165) is 25.0 Å².